The van der Waals surface area contributed by atoms with Crippen LogP contribution < -0.4 is 15.3 Å². The Kier molecular flexibility index (Phi) is 21.5. The fraction of sp³-hybridized carbons (Fsp3) is 0.600. The molecular weight excluding hydrogens is 581 g/mol. The van der Waals surface area contributed by atoms with Crippen LogP contribution in [0.15, 0.2) is 0 Å². The second-order valence-corrected chi connectivity index (χ2v) is 4.71. The van der Waals surface area contributed by atoms with Crippen molar-refractivity contribution in [3.63, 3.8) is 0 Å². The Balaban J connectivity index is -0.000000152. The fourth-order valence-electron chi connectivity index (χ4n) is 0.891. The Morgan fingerprint density at radius 3 is 0.714 bits per heavy atom. The van der Waals surface area contributed by atoms with Gasteiger partial charge in [0.25, 0.3) is 0 Å². The van der Waals surface area contributed by atoms with Gasteiger partial charge in [0.15, 0.2) is 0 Å². The number of esters is 3. The van der Waals surface area contributed by atoms with Gasteiger partial charge in [-0.15, -0.1) is 0 Å². The summed E-state index contributed by atoms with van der Waals surface area (Å²) in [6.07, 6.45) is -3.45. The smallest absolute Gasteiger partial charge is 0.546 e. The molecule has 3 unspecified atom stereocenters. The molecule has 0 aromatic rings. The summed E-state index contributed by atoms with van der Waals surface area (Å²) in [5.41, 5.74) is 0. The Hall–Kier alpha value is -2.30. The summed E-state index contributed by atoms with van der Waals surface area (Å²) in [4.78, 5) is 59.7. The molecule has 13 heteroatoms. The van der Waals surface area contributed by atoms with Crippen molar-refractivity contribution in [3.8, 4) is 0 Å². The van der Waals surface area contributed by atoms with Crippen LogP contribution in [0.2, 0.25) is 0 Å². The SMILES string of the molecule is CC(=O)OC(C)C(=O)[O-].CC(=O)OC(C)C(=O)[O-].CC(=O)OC(C)C(=O)[O-].[Bi+3]. The van der Waals surface area contributed by atoms with E-state index in [-0.39, 0.29) is 26.2 Å². The number of carboxylic acid groups (broad SMARTS) is 3. The molecule has 0 fully saturated rings. The van der Waals surface area contributed by atoms with Crippen LogP contribution in [0, 0.1) is 0 Å². The van der Waals surface area contributed by atoms with E-state index in [1.54, 1.807) is 0 Å². The molecule has 2 radical (unpaired) electrons. The van der Waals surface area contributed by atoms with Crippen molar-refractivity contribution in [2.45, 2.75) is 59.9 Å². The molecule has 0 aliphatic carbocycles. The number of carbonyl (C=O) groups excluding carboxylic acids is 6. The van der Waals surface area contributed by atoms with E-state index in [0.29, 0.717) is 0 Å². The number of ether oxygens (including phenoxy) is 3. The number of rotatable bonds is 6. The van der Waals surface area contributed by atoms with Gasteiger partial charge < -0.3 is 43.9 Å². The van der Waals surface area contributed by atoms with Crippen LogP contribution in [0.4, 0.5) is 0 Å². The van der Waals surface area contributed by atoms with Crippen molar-refractivity contribution in [3.05, 3.63) is 0 Å². The first-order valence-corrected chi connectivity index (χ1v) is 7.25. The fourth-order valence-corrected chi connectivity index (χ4v) is 0.891. The Bertz CT molecular complexity index is 469. The van der Waals surface area contributed by atoms with Gasteiger partial charge in [-0.3, -0.25) is 14.4 Å². The molecule has 0 rings (SSSR count). The molecule has 0 amide bonds. The zero-order valence-corrected chi connectivity index (χ0v) is 19.6. The Labute approximate surface area is 180 Å². The molecule has 0 N–H and O–H groups in total. The van der Waals surface area contributed by atoms with Crippen LogP contribution >= 0.6 is 0 Å². The van der Waals surface area contributed by atoms with Crippen molar-refractivity contribution in [1.29, 1.82) is 0 Å². The monoisotopic (exact) mass is 602 g/mol. The van der Waals surface area contributed by atoms with Crippen LogP contribution in [-0.4, -0.2) is 80.3 Å². The molecule has 12 nitrogen and oxygen atoms in total. The topological polar surface area (TPSA) is 199 Å². The molecule has 0 spiro atoms. The third kappa shape index (κ3) is 25.9. The summed E-state index contributed by atoms with van der Waals surface area (Å²) in [6, 6.07) is 0. The van der Waals surface area contributed by atoms with Crippen LogP contribution in [0.5, 0.6) is 0 Å². The molecule has 0 aliphatic rings. The van der Waals surface area contributed by atoms with E-state index < -0.39 is 54.1 Å². The van der Waals surface area contributed by atoms with Crippen molar-refractivity contribution in [1.82, 2.24) is 0 Å². The zero-order chi connectivity index (χ0) is 22.3. The molecule has 0 saturated carbocycles. The maximum absolute atomic E-state index is 10.0. The number of carboxylic acids is 3. The van der Waals surface area contributed by atoms with Gasteiger partial charge in [0.2, 0.25) is 0 Å². The third-order valence-corrected chi connectivity index (χ3v) is 2.02. The van der Waals surface area contributed by atoms with Crippen LogP contribution in [0.1, 0.15) is 41.5 Å². The van der Waals surface area contributed by atoms with Gasteiger partial charge in [-0.05, 0) is 20.8 Å². The molecule has 0 aliphatic heterocycles. The van der Waals surface area contributed by atoms with Crippen LogP contribution in [-0.2, 0) is 43.0 Å². The van der Waals surface area contributed by atoms with Gasteiger partial charge in [0.05, 0.1) is 17.9 Å². The summed E-state index contributed by atoms with van der Waals surface area (Å²) in [5, 5.41) is 29.5. The van der Waals surface area contributed by atoms with E-state index in [4.69, 9.17) is 0 Å². The minimum Gasteiger partial charge on any atom is -0.546 e. The first-order chi connectivity index (χ1) is 12.1. The number of aliphatic carboxylic acids is 3. The van der Waals surface area contributed by atoms with Gasteiger partial charge in [0.1, 0.15) is 18.3 Å². The van der Waals surface area contributed by atoms with E-state index in [9.17, 15) is 44.1 Å². The van der Waals surface area contributed by atoms with Gasteiger partial charge in [-0.2, -0.15) is 0 Å². The molecule has 28 heavy (non-hydrogen) atoms. The van der Waals surface area contributed by atoms with Gasteiger partial charge in [0, 0.05) is 20.8 Å². The van der Waals surface area contributed by atoms with E-state index in [2.05, 4.69) is 14.2 Å². The first kappa shape index (κ1) is 33.3. The quantitative estimate of drug-likeness (QED) is 0.161. The second kappa shape index (κ2) is 18.1. The molecule has 0 heterocycles. The number of hydrogen-bond acceptors (Lipinski definition) is 12. The Morgan fingerprint density at radius 1 is 0.536 bits per heavy atom. The minimum atomic E-state index is -1.38. The average molecular weight is 602 g/mol. The Morgan fingerprint density at radius 2 is 0.679 bits per heavy atom. The van der Waals surface area contributed by atoms with Crippen LogP contribution in [0.25, 0.3) is 0 Å². The number of hydrogen-bond donors (Lipinski definition) is 0. The molecule has 0 bridgehead atoms. The predicted octanol–water partition coefficient (Wildman–Crippen LogP) is -4.32. The number of carbonyl (C=O) groups is 6. The van der Waals surface area contributed by atoms with Crippen molar-refractivity contribution in [2.24, 2.45) is 0 Å². The molecule has 0 aromatic carbocycles. The minimum absolute atomic E-state index is 0. The van der Waals surface area contributed by atoms with E-state index in [1.165, 1.54) is 20.8 Å². The second-order valence-electron chi connectivity index (χ2n) is 4.71. The van der Waals surface area contributed by atoms with E-state index >= 15 is 0 Å². The standard InChI is InChI=1S/3C5H8O4.Bi/c3*1-3(5(7)8)9-4(2)6;/h3*3H,1-2H3,(H,7,8);/q;;;+3/p-3. The summed E-state index contributed by atoms with van der Waals surface area (Å²) < 4.78 is 12.6. The normalized spacial score (nSPS) is 11.8. The largest absolute Gasteiger partial charge is 3.00 e. The first-order valence-electron chi connectivity index (χ1n) is 7.25. The summed E-state index contributed by atoms with van der Waals surface area (Å²) in [5.74, 6) is -6.01. The van der Waals surface area contributed by atoms with Crippen molar-refractivity contribution in [2.75, 3.05) is 0 Å². The van der Waals surface area contributed by atoms with Crippen LogP contribution in [0.3, 0.4) is 0 Å². The molecule has 0 aromatic heterocycles. The maximum Gasteiger partial charge on any atom is 3.00 e. The van der Waals surface area contributed by atoms with Crippen molar-refractivity contribution < 1.29 is 58.3 Å². The predicted molar refractivity (Wildman–Crippen MR) is 84.5 cm³/mol. The average Bonchev–Trinajstić information content (AvgIpc) is 2.46. The molecule has 3 atom stereocenters. The van der Waals surface area contributed by atoms with E-state index in [1.807, 2.05) is 0 Å². The maximum atomic E-state index is 10.0. The summed E-state index contributed by atoms with van der Waals surface area (Å²) >= 11 is 0. The zero-order valence-electron chi connectivity index (χ0n) is 16.1. The van der Waals surface area contributed by atoms with Crippen molar-refractivity contribution >= 4 is 62.0 Å². The van der Waals surface area contributed by atoms with Gasteiger partial charge in [-0.1, -0.05) is 0 Å². The van der Waals surface area contributed by atoms with Gasteiger partial charge >= 0.3 is 44.1 Å². The molecule has 158 valence electrons. The third-order valence-electron chi connectivity index (χ3n) is 2.02. The van der Waals surface area contributed by atoms with E-state index in [0.717, 1.165) is 20.8 Å². The van der Waals surface area contributed by atoms with Gasteiger partial charge in [-0.25, -0.2) is 0 Å². The molecular formula is C15H21BiO12. The summed E-state index contributed by atoms with van der Waals surface area (Å²) in [6.45, 7) is 7.11. The molecule has 0 saturated heterocycles. The summed E-state index contributed by atoms with van der Waals surface area (Å²) in [7, 11) is 0.